The highest BCUT2D eigenvalue weighted by Crippen LogP contribution is 2.33. The van der Waals surface area contributed by atoms with Crippen LogP contribution in [0, 0.1) is 5.92 Å². The van der Waals surface area contributed by atoms with Crippen LogP contribution in [0.5, 0.6) is 0 Å². The van der Waals surface area contributed by atoms with Crippen molar-refractivity contribution in [1.29, 1.82) is 0 Å². The van der Waals surface area contributed by atoms with Gasteiger partial charge in [-0.2, -0.15) is 0 Å². The van der Waals surface area contributed by atoms with Crippen molar-refractivity contribution in [1.82, 2.24) is 10.2 Å². The summed E-state index contributed by atoms with van der Waals surface area (Å²) in [5.41, 5.74) is 0. The van der Waals surface area contributed by atoms with Gasteiger partial charge in [0.2, 0.25) is 0 Å². The quantitative estimate of drug-likeness (QED) is 0.799. The fourth-order valence-electron chi connectivity index (χ4n) is 2.85. The molecule has 3 saturated carbocycles. The third kappa shape index (κ3) is 3.14. The van der Waals surface area contributed by atoms with Crippen LogP contribution >= 0.6 is 0 Å². The molecule has 3 heteroatoms. The third-order valence-electron chi connectivity index (χ3n) is 4.33. The second kappa shape index (κ2) is 4.87. The number of carbonyl (C=O) groups is 1. The maximum atomic E-state index is 12.3. The molecule has 0 aromatic carbocycles. The zero-order valence-electron chi connectivity index (χ0n) is 10.7. The molecule has 0 heterocycles. The molecule has 0 aromatic rings. The van der Waals surface area contributed by atoms with Crippen molar-refractivity contribution in [2.24, 2.45) is 5.92 Å². The molecule has 0 atom stereocenters. The first kappa shape index (κ1) is 11.4. The summed E-state index contributed by atoms with van der Waals surface area (Å²) >= 11 is 0. The Morgan fingerprint density at radius 2 is 1.71 bits per heavy atom. The molecule has 0 aromatic heterocycles. The van der Waals surface area contributed by atoms with Crippen LogP contribution < -0.4 is 5.32 Å². The summed E-state index contributed by atoms with van der Waals surface area (Å²) in [4.78, 5) is 14.4. The van der Waals surface area contributed by atoms with Crippen LogP contribution in [0.2, 0.25) is 0 Å². The monoisotopic (exact) mass is 236 g/mol. The van der Waals surface area contributed by atoms with Crippen molar-refractivity contribution in [3.8, 4) is 0 Å². The number of carbonyl (C=O) groups excluding carboxylic acids is 1. The Hall–Kier alpha value is -0.730. The van der Waals surface area contributed by atoms with Gasteiger partial charge in [0.15, 0.2) is 0 Å². The van der Waals surface area contributed by atoms with E-state index in [2.05, 4.69) is 10.2 Å². The topological polar surface area (TPSA) is 32.3 Å². The first-order valence-electron chi connectivity index (χ1n) is 7.40. The van der Waals surface area contributed by atoms with Crippen LogP contribution in [0.25, 0.3) is 0 Å². The van der Waals surface area contributed by atoms with E-state index in [1.807, 2.05) is 0 Å². The molecule has 0 aliphatic heterocycles. The van der Waals surface area contributed by atoms with E-state index in [0.717, 1.165) is 12.5 Å². The molecule has 3 aliphatic rings. The number of nitrogens with one attached hydrogen (secondary N) is 1. The normalized spacial score (nSPS) is 25.6. The van der Waals surface area contributed by atoms with Gasteiger partial charge >= 0.3 is 6.03 Å². The van der Waals surface area contributed by atoms with Gasteiger partial charge < -0.3 is 10.2 Å². The second-order valence-electron chi connectivity index (χ2n) is 6.11. The highest BCUT2D eigenvalue weighted by Gasteiger charge is 2.34. The molecular formula is C14H24N2O. The van der Waals surface area contributed by atoms with Gasteiger partial charge in [0.1, 0.15) is 0 Å². The summed E-state index contributed by atoms with van der Waals surface area (Å²) in [5.74, 6) is 0.807. The molecule has 17 heavy (non-hydrogen) atoms. The largest absolute Gasteiger partial charge is 0.335 e. The van der Waals surface area contributed by atoms with Crippen LogP contribution in [0.15, 0.2) is 0 Å². The van der Waals surface area contributed by atoms with E-state index >= 15 is 0 Å². The van der Waals surface area contributed by atoms with Crippen molar-refractivity contribution in [2.45, 2.75) is 69.9 Å². The van der Waals surface area contributed by atoms with Crippen molar-refractivity contribution < 1.29 is 4.79 Å². The lowest BCUT2D eigenvalue weighted by Crippen LogP contribution is -2.48. The number of hydrogen-bond acceptors (Lipinski definition) is 1. The summed E-state index contributed by atoms with van der Waals surface area (Å²) in [6.07, 6.45) is 11.5. The van der Waals surface area contributed by atoms with Crippen LogP contribution in [-0.4, -0.2) is 29.6 Å². The van der Waals surface area contributed by atoms with Gasteiger partial charge in [0, 0.05) is 18.6 Å². The minimum atomic E-state index is 0.228. The maximum absolute atomic E-state index is 12.3. The lowest BCUT2D eigenvalue weighted by molar-refractivity contribution is 0.151. The van der Waals surface area contributed by atoms with Crippen LogP contribution in [0.1, 0.15) is 57.8 Å². The van der Waals surface area contributed by atoms with Gasteiger partial charge in [0.25, 0.3) is 0 Å². The zero-order valence-corrected chi connectivity index (χ0v) is 10.7. The third-order valence-corrected chi connectivity index (χ3v) is 4.33. The first-order chi connectivity index (χ1) is 8.33. The Kier molecular flexibility index (Phi) is 3.26. The fraction of sp³-hybridized carbons (Fsp3) is 0.929. The fourth-order valence-corrected chi connectivity index (χ4v) is 2.85. The molecular weight excluding hydrogens is 212 g/mol. The van der Waals surface area contributed by atoms with E-state index in [4.69, 9.17) is 0 Å². The van der Waals surface area contributed by atoms with Crippen LogP contribution in [0.4, 0.5) is 4.79 Å². The van der Waals surface area contributed by atoms with Crippen molar-refractivity contribution in [2.75, 3.05) is 6.54 Å². The second-order valence-corrected chi connectivity index (χ2v) is 6.11. The lowest BCUT2D eigenvalue weighted by atomic mass is 9.94. The first-order valence-corrected chi connectivity index (χ1v) is 7.40. The summed E-state index contributed by atoms with van der Waals surface area (Å²) in [6, 6.07) is 1.25. The lowest BCUT2D eigenvalue weighted by Gasteiger charge is -2.34. The predicted molar refractivity (Wildman–Crippen MR) is 67.9 cm³/mol. The molecule has 2 amide bonds. The minimum Gasteiger partial charge on any atom is -0.335 e. The molecule has 3 aliphatic carbocycles. The molecule has 3 nitrogen and oxygen atoms in total. The van der Waals surface area contributed by atoms with Crippen LogP contribution in [-0.2, 0) is 0 Å². The van der Waals surface area contributed by atoms with Crippen molar-refractivity contribution in [3.05, 3.63) is 0 Å². The van der Waals surface area contributed by atoms with Gasteiger partial charge in [-0.05, 0) is 44.4 Å². The number of urea groups is 1. The Morgan fingerprint density at radius 3 is 2.29 bits per heavy atom. The maximum Gasteiger partial charge on any atom is 0.317 e. The number of nitrogens with zero attached hydrogens (tertiary/aromatic N) is 1. The Morgan fingerprint density at radius 1 is 1.00 bits per heavy atom. The summed E-state index contributed by atoms with van der Waals surface area (Å²) < 4.78 is 0. The number of hydrogen-bond donors (Lipinski definition) is 1. The van der Waals surface area contributed by atoms with E-state index in [9.17, 15) is 4.79 Å². The van der Waals surface area contributed by atoms with Crippen LogP contribution in [0.3, 0.4) is 0 Å². The molecule has 96 valence electrons. The molecule has 0 spiro atoms. The van der Waals surface area contributed by atoms with E-state index in [1.165, 1.54) is 57.8 Å². The van der Waals surface area contributed by atoms with Gasteiger partial charge in [-0.15, -0.1) is 0 Å². The Bertz CT molecular complexity index is 278. The summed E-state index contributed by atoms with van der Waals surface area (Å²) in [7, 11) is 0. The predicted octanol–water partition coefficient (Wildman–Crippen LogP) is 2.90. The van der Waals surface area contributed by atoms with E-state index < -0.39 is 0 Å². The Labute approximate surface area is 104 Å². The standard InChI is InChI=1S/C14H24N2O/c17-14(15-12-8-9-12)16(10-11-6-7-11)13-4-2-1-3-5-13/h11-13H,1-10H2,(H,15,17). The van der Waals surface area contributed by atoms with Gasteiger partial charge in [-0.3, -0.25) is 0 Å². The summed E-state index contributed by atoms with van der Waals surface area (Å²) in [6.45, 7) is 1.02. The zero-order chi connectivity index (χ0) is 11.7. The molecule has 3 rings (SSSR count). The van der Waals surface area contributed by atoms with Crippen molar-refractivity contribution in [3.63, 3.8) is 0 Å². The number of rotatable bonds is 4. The average Bonchev–Trinajstić information content (AvgIpc) is 3.22. The van der Waals surface area contributed by atoms with E-state index in [1.54, 1.807) is 0 Å². The van der Waals surface area contributed by atoms with Gasteiger partial charge in [-0.1, -0.05) is 19.3 Å². The molecule has 3 fully saturated rings. The van der Waals surface area contributed by atoms with Gasteiger partial charge in [0.05, 0.1) is 0 Å². The molecule has 1 N–H and O–H groups in total. The van der Waals surface area contributed by atoms with Gasteiger partial charge in [-0.25, -0.2) is 4.79 Å². The SMILES string of the molecule is O=C(NC1CC1)N(CC1CC1)C1CCCCC1. The highest BCUT2D eigenvalue weighted by molar-refractivity contribution is 5.75. The minimum absolute atomic E-state index is 0.228. The Balaban J connectivity index is 1.58. The summed E-state index contributed by atoms with van der Waals surface area (Å²) in [5, 5.41) is 3.17. The molecule has 0 radical (unpaired) electrons. The van der Waals surface area contributed by atoms with Crippen molar-refractivity contribution >= 4 is 6.03 Å². The molecule has 0 saturated heterocycles. The van der Waals surface area contributed by atoms with E-state index in [-0.39, 0.29) is 6.03 Å². The smallest absolute Gasteiger partial charge is 0.317 e. The van der Waals surface area contributed by atoms with E-state index in [0.29, 0.717) is 12.1 Å². The molecule has 0 bridgehead atoms. The molecule has 0 unspecified atom stereocenters. The average molecular weight is 236 g/mol. The highest BCUT2D eigenvalue weighted by atomic mass is 16.2. The number of amides is 2.